The van der Waals surface area contributed by atoms with Crippen molar-refractivity contribution in [2.24, 2.45) is 22.1 Å². The van der Waals surface area contributed by atoms with E-state index in [1.54, 1.807) is 0 Å². The molecule has 0 saturated carbocycles. The van der Waals surface area contributed by atoms with Crippen molar-refractivity contribution in [2.45, 2.75) is 54.0 Å². The molecule has 2 nitrogen and oxygen atoms in total. The highest BCUT2D eigenvalue weighted by atomic mass is 14.9. The fourth-order valence-corrected chi connectivity index (χ4v) is 1.17. The van der Waals surface area contributed by atoms with Crippen molar-refractivity contribution >= 4 is 5.84 Å². The summed E-state index contributed by atoms with van der Waals surface area (Å²) in [5.41, 5.74) is 5.88. The lowest BCUT2D eigenvalue weighted by atomic mass is 9.95. The number of nitrogens with zero attached hydrogens (tertiary/aromatic N) is 1. The number of rotatable bonds is 3. The minimum absolute atomic E-state index is 0.00520. The first-order valence-corrected chi connectivity index (χ1v) is 5.07. The summed E-state index contributed by atoms with van der Waals surface area (Å²) in [7, 11) is 0. The zero-order valence-electron chi connectivity index (χ0n) is 9.89. The first-order chi connectivity index (χ1) is 5.73. The van der Waals surface area contributed by atoms with E-state index >= 15 is 0 Å². The van der Waals surface area contributed by atoms with Crippen LogP contribution in [0.3, 0.4) is 0 Å². The zero-order valence-corrected chi connectivity index (χ0v) is 9.89. The monoisotopic (exact) mass is 184 g/mol. The third-order valence-corrected chi connectivity index (χ3v) is 1.94. The lowest BCUT2D eigenvalue weighted by molar-refractivity contribution is 0.509. The molecule has 0 aromatic carbocycles. The van der Waals surface area contributed by atoms with Gasteiger partial charge in [0.1, 0.15) is 0 Å². The molecule has 1 unspecified atom stereocenters. The maximum atomic E-state index is 5.88. The molecule has 0 bridgehead atoms. The molecule has 1 atom stereocenters. The summed E-state index contributed by atoms with van der Waals surface area (Å²) in [5.74, 6) is 1.45. The summed E-state index contributed by atoms with van der Waals surface area (Å²) >= 11 is 0. The molecule has 0 aromatic rings. The SMILES string of the molecule is CC(C)CC(C)N=C(N)C(C)(C)C. The summed E-state index contributed by atoms with van der Waals surface area (Å²) < 4.78 is 0. The smallest absolute Gasteiger partial charge is 0.0994 e. The average molecular weight is 184 g/mol. The first-order valence-electron chi connectivity index (χ1n) is 5.07. The van der Waals surface area contributed by atoms with Gasteiger partial charge in [-0.25, -0.2) is 0 Å². The topological polar surface area (TPSA) is 38.4 Å². The largest absolute Gasteiger partial charge is 0.387 e. The molecule has 0 fully saturated rings. The Bertz CT molecular complexity index is 175. The molecule has 2 N–H and O–H groups in total. The molecule has 2 heteroatoms. The number of nitrogens with two attached hydrogens (primary N) is 1. The molecular weight excluding hydrogens is 160 g/mol. The van der Waals surface area contributed by atoms with Crippen molar-refractivity contribution in [3.63, 3.8) is 0 Å². The summed E-state index contributed by atoms with van der Waals surface area (Å²) in [5, 5.41) is 0. The quantitative estimate of drug-likeness (QED) is 0.531. The fourth-order valence-electron chi connectivity index (χ4n) is 1.17. The van der Waals surface area contributed by atoms with Gasteiger partial charge in [-0.3, -0.25) is 4.99 Å². The summed E-state index contributed by atoms with van der Waals surface area (Å²) in [6.07, 6.45) is 1.11. The molecule has 0 aliphatic heterocycles. The number of aliphatic imine (C=N–C) groups is 1. The molecule has 13 heavy (non-hydrogen) atoms. The average Bonchev–Trinajstić information content (AvgIpc) is 1.82. The van der Waals surface area contributed by atoms with Gasteiger partial charge in [0.2, 0.25) is 0 Å². The van der Waals surface area contributed by atoms with Crippen LogP contribution in [0, 0.1) is 11.3 Å². The van der Waals surface area contributed by atoms with Crippen molar-refractivity contribution in [3.8, 4) is 0 Å². The standard InChI is InChI=1S/C11H24N2/c1-8(2)7-9(3)13-10(12)11(4,5)6/h8-9H,7H2,1-6H3,(H2,12,13). The van der Waals surface area contributed by atoms with E-state index < -0.39 is 0 Å². The van der Waals surface area contributed by atoms with Gasteiger partial charge in [-0.1, -0.05) is 34.6 Å². The predicted octanol–water partition coefficient (Wildman–Crippen LogP) is 2.82. The van der Waals surface area contributed by atoms with Crippen LogP contribution in [-0.2, 0) is 0 Å². The lowest BCUT2D eigenvalue weighted by Crippen LogP contribution is -2.30. The second-order valence-corrected chi connectivity index (χ2v) is 5.24. The van der Waals surface area contributed by atoms with Crippen molar-refractivity contribution in [3.05, 3.63) is 0 Å². The van der Waals surface area contributed by atoms with Crippen LogP contribution < -0.4 is 5.73 Å². The Morgan fingerprint density at radius 3 is 2.00 bits per heavy atom. The maximum Gasteiger partial charge on any atom is 0.0994 e. The van der Waals surface area contributed by atoms with Gasteiger partial charge in [-0.15, -0.1) is 0 Å². The minimum atomic E-state index is 0.00520. The van der Waals surface area contributed by atoms with Crippen LogP contribution in [0.4, 0.5) is 0 Å². The second kappa shape index (κ2) is 4.64. The molecule has 0 heterocycles. The van der Waals surface area contributed by atoms with E-state index in [0.29, 0.717) is 12.0 Å². The van der Waals surface area contributed by atoms with Crippen LogP contribution in [0.1, 0.15) is 48.0 Å². The van der Waals surface area contributed by atoms with Crippen LogP contribution in [0.15, 0.2) is 4.99 Å². The molecule has 0 radical (unpaired) electrons. The molecule has 0 rings (SSSR count). The maximum absolute atomic E-state index is 5.88. The second-order valence-electron chi connectivity index (χ2n) is 5.24. The molecule has 0 aliphatic rings. The molecule has 0 saturated heterocycles. The summed E-state index contributed by atoms with van der Waals surface area (Å²) in [6, 6.07) is 0.347. The Morgan fingerprint density at radius 1 is 1.23 bits per heavy atom. The van der Waals surface area contributed by atoms with E-state index in [1.165, 1.54) is 0 Å². The van der Waals surface area contributed by atoms with Gasteiger partial charge in [0.25, 0.3) is 0 Å². The van der Waals surface area contributed by atoms with E-state index in [9.17, 15) is 0 Å². The van der Waals surface area contributed by atoms with E-state index in [4.69, 9.17) is 5.73 Å². The molecular formula is C11H24N2. The Labute approximate surface area is 82.6 Å². The number of amidine groups is 1. The Balaban J connectivity index is 4.22. The molecule has 0 spiro atoms. The van der Waals surface area contributed by atoms with Crippen LogP contribution in [-0.4, -0.2) is 11.9 Å². The van der Waals surface area contributed by atoms with Gasteiger partial charge in [0, 0.05) is 11.5 Å². The van der Waals surface area contributed by atoms with Gasteiger partial charge in [-0.05, 0) is 19.3 Å². The minimum Gasteiger partial charge on any atom is -0.387 e. The van der Waals surface area contributed by atoms with E-state index in [2.05, 4.69) is 46.5 Å². The summed E-state index contributed by atoms with van der Waals surface area (Å²) in [6.45, 7) is 12.8. The van der Waals surface area contributed by atoms with Crippen molar-refractivity contribution in [1.29, 1.82) is 0 Å². The third kappa shape index (κ3) is 5.67. The lowest BCUT2D eigenvalue weighted by Gasteiger charge is -2.20. The first kappa shape index (κ1) is 12.5. The van der Waals surface area contributed by atoms with Gasteiger partial charge >= 0.3 is 0 Å². The van der Waals surface area contributed by atoms with E-state index in [1.807, 2.05) is 0 Å². The highest BCUT2D eigenvalue weighted by Crippen LogP contribution is 2.15. The highest BCUT2D eigenvalue weighted by molar-refractivity contribution is 5.85. The molecule has 0 aliphatic carbocycles. The van der Waals surface area contributed by atoms with Crippen molar-refractivity contribution < 1.29 is 0 Å². The fraction of sp³-hybridized carbons (Fsp3) is 0.909. The van der Waals surface area contributed by atoms with E-state index in [0.717, 1.165) is 12.3 Å². The van der Waals surface area contributed by atoms with Crippen LogP contribution >= 0.6 is 0 Å². The van der Waals surface area contributed by atoms with Gasteiger partial charge in [-0.2, -0.15) is 0 Å². The molecule has 0 aromatic heterocycles. The Kier molecular flexibility index (Phi) is 4.45. The van der Waals surface area contributed by atoms with Crippen molar-refractivity contribution in [2.75, 3.05) is 0 Å². The third-order valence-electron chi connectivity index (χ3n) is 1.94. The Morgan fingerprint density at radius 2 is 1.69 bits per heavy atom. The number of hydrogen-bond acceptors (Lipinski definition) is 1. The van der Waals surface area contributed by atoms with Crippen molar-refractivity contribution in [1.82, 2.24) is 0 Å². The Hall–Kier alpha value is -0.530. The van der Waals surface area contributed by atoms with Gasteiger partial charge < -0.3 is 5.73 Å². The van der Waals surface area contributed by atoms with Crippen LogP contribution in [0.2, 0.25) is 0 Å². The molecule has 0 amide bonds. The van der Waals surface area contributed by atoms with E-state index in [-0.39, 0.29) is 5.41 Å². The zero-order chi connectivity index (χ0) is 10.6. The highest BCUT2D eigenvalue weighted by Gasteiger charge is 2.16. The predicted molar refractivity (Wildman–Crippen MR) is 60.0 cm³/mol. The summed E-state index contributed by atoms with van der Waals surface area (Å²) in [4.78, 5) is 4.48. The van der Waals surface area contributed by atoms with Crippen LogP contribution in [0.25, 0.3) is 0 Å². The van der Waals surface area contributed by atoms with Gasteiger partial charge in [0.15, 0.2) is 0 Å². The molecule has 78 valence electrons. The van der Waals surface area contributed by atoms with Crippen LogP contribution in [0.5, 0.6) is 0 Å². The van der Waals surface area contributed by atoms with Gasteiger partial charge in [0.05, 0.1) is 5.84 Å². The number of hydrogen-bond donors (Lipinski definition) is 1. The normalized spacial score (nSPS) is 16.4.